The van der Waals surface area contributed by atoms with Crippen molar-refractivity contribution in [2.24, 2.45) is 0 Å². The van der Waals surface area contributed by atoms with E-state index in [1.807, 2.05) is 27.2 Å². The number of carbonyl (C=O) groups excluding carboxylic acids is 1. The van der Waals surface area contributed by atoms with Gasteiger partial charge in [0.2, 0.25) is 5.91 Å². The number of hydrogen-bond donors (Lipinski definition) is 3. The van der Waals surface area contributed by atoms with E-state index in [9.17, 15) is 19.4 Å². The SMILES string of the molecule is CCCCC/C=C/CC/C=C/[C@@H](O)[C@H](COP(=O)(O)OCC[N+](C)(C)C)NC(=O)CCCCCCCCCCCCCCCCCCC. The van der Waals surface area contributed by atoms with E-state index in [4.69, 9.17) is 9.05 Å². The summed E-state index contributed by atoms with van der Waals surface area (Å²) in [7, 11) is 1.55. The van der Waals surface area contributed by atoms with Gasteiger partial charge in [0.1, 0.15) is 13.2 Å². The number of carbonyl (C=O) groups is 1. The Labute approximate surface area is 296 Å². The fourth-order valence-corrected chi connectivity index (χ4v) is 6.20. The highest BCUT2D eigenvalue weighted by Gasteiger charge is 2.27. The number of hydrogen-bond acceptors (Lipinski definition) is 5. The molecule has 0 aliphatic heterocycles. The zero-order chi connectivity index (χ0) is 35.8. The first-order valence-electron chi connectivity index (χ1n) is 19.7. The van der Waals surface area contributed by atoms with Crippen LogP contribution in [0.3, 0.4) is 0 Å². The van der Waals surface area contributed by atoms with Crippen molar-refractivity contribution in [3.8, 4) is 0 Å². The van der Waals surface area contributed by atoms with Gasteiger partial charge < -0.3 is 19.8 Å². The van der Waals surface area contributed by atoms with Gasteiger partial charge in [-0.3, -0.25) is 13.8 Å². The molecule has 3 N–H and O–H groups in total. The molecule has 48 heavy (non-hydrogen) atoms. The molecule has 0 aromatic rings. The van der Waals surface area contributed by atoms with Gasteiger partial charge in [-0.05, 0) is 32.1 Å². The Hall–Kier alpha value is -1.02. The smallest absolute Gasteiger partial charge is 0.387 e. The van der Waals surface area contributed by atoms with E-state index in [0.29, 0.717) is 17.4 Å². The topological polar surface area (TPSA) is 105 Å². The molecule has 0 saturated carbocycles. The van der Waals surface area contributed by atoms with E-state index in [2.05, 4.69) is 31.3 Å². The molecule has 0 aromatic heterocycles. The van der Waals surface area contributed by atoms with Gasteiger partial charge in [-0.15, -0.1) is 0 Å². The number of nitrogens with zero attached hydrogens (tertiary/aromatic N) is 1. The Kier molecular flexibility index (Phi) is 31.2. The van der Waals surface area contributed by atoms with Gasteiger partial charge in [0, 0.05) is 6.42 Å². The molecule has 0 spiro atoms. The van der Waals surface area contributed by atoms with Crippen LogP contribution in [0.25, 0.3) is 0 Å². The van der Waals surface area contributed by atoms with Crippen LogP contribution in [0.2, 0.25) is 0 Å². The van der Waals surface area contributed by atoms with Gasteiger partial charge in [-0.1, -0.05) is 154 Å². The minimum absolute atomic E-state index is 0.0576. The van der Waals surface area contributed by atoms with Crippen molar-refractivity contribution in [3.05, 3.63) is 24.3 Å². The van der Waals surface area contributed by atoms with Crippen molar-refractivity contribution in [3.63, 3.8) is 0 Å². The zero-order valence-electron chi connectivity index (χ0n) is 32.0. The Balaban J connectivity index is 4.40. The van der Waals surface area contributed by atoms with E-state index < -0.39 is 20.0 Å². The highest BCUT2D eigenvalue weighted by atomic mass is 31.2. The van der Waals surface area contributed by atoms with Gasteiger partial charge in [0.15, 0.2) is 0 Å². The molecule has 0 heterocycles. The molecule has 0 aromatic carbocycles. The van der Waals surface area contributed by atoms with Gasteiger partial charge in [-0.25, -0.2) is 4.57 Å². The lowest BCUT2D eigenvalue weighted by molar-refractivity contribution is -0.870. The third kappa shape index (κ3) is 33.5. The van der Waals surface area contributed by atoms with E-state index >= 15 is 0 Å². The molecule has 0 aliphatic rings. The lowest BCUT2D eigenvalue weighted by Gasteiger charge is -2.25. The van der Waals surface area contributed by atoms with Crippen LogP contribution in [-0.4, -0.2) is 73.4 Å². The van der Waals surface area contributed by atoms with Crippen LogP contribution >= 0.6 is 7.82 Å². The Bertz CT molecular complexity index is 845. The Morgan fingerprint density at radius 3 is 1.67 bits per heavy atom. The fourth-order valence-electron chi connectivity index (χ4n) is 5.47. The number of quaternary nitrogens is 1. The lowest BCUT2D eigenvalue weighted by Crippen LogP contribution is -2.45. The van der Waals surface area contributed by atoms with Gasteiger partial charge in [0.05, 0.1) is 39.9 Å². The summed E-state index contributed by atoms with van der Waals surface area (Å²) < 4.78 is 23.4. The standard InChI is InChI=1S/C39H77N2O6P/c1-6-8-10-12-14-16-17-18-19-20-21-22-23-25-27-29-31-33-39(43)40-37(36-47-48(44,45)46-35-34-41(3,4)5)38(42)32-30-28-26-24-15-13-11-9-7-2/h15,24,30,32,37-38,42H,6-14,16-23,25-29,31,33-36H2,1-5H3,(H-,40,43,44,45)/p+1/b24-15+,32-30+/t37-,38+/m0/s1. The number of allylic oxidation sites excluding steroid dienone is 3. The maximum absolute atomic E-state index is 12.8. The number of phosphoric ester groups is 1. The summed E-state index contributed by atoms with van der Waals surface area (Å²) in [5.41, 5.74) is 0. The molecule has 0 radical (unpaired) electrons. The highest BCUT2D eigenvalue weighted by molar-refractivity contribution is 7.47. The first-order valence-corrected chi connectivity index (χ1v) is 21.2. The molecule has 1 unspecified atom stereocenters. The monoisotopic (exact) mass is 702 g/mol. The second-order valence-electron chi connectivity index (χ2n) is 14.7. The fraction of sp³-hybridized carbons (Fsp3) is 0.872. The number of phosphoric acid groups is 1. The second-order valence-corrected chi connectivity index (χ2v) is 16.1. The highest BCUT2D eigenvalue weighted by Crippen LogP contribution is 2.43. The largest absolute Gasteiger partial charge is 0.472 e. The third-order valence-electron chi connectivity index (χ3n) is 8.67. The third-order valence-corrected chi connectivity index (χ3v) is 9.66. The van der Waals surface area contributed by atoms with Crippen molar-refractivity contribution >= 4 is 13.7 Å². The molecule has 284 valence electrons. The van der Waals surface area contributed by atoms with Gasteiger partial charge >= 0.3 is 7.82 Å². The molecule has 1 amide bonds. The summed E-state index contributed by atoms with van der Waals surface area (Å²) in [6.07, 6.45) is 35.4. The number of nitrogens with one attached hydrogen (secondary N) is 1. The van der Waals surface area contributed by atoms with E-state index in [-0.39, 0.29) is 19.1 Å². The van der Waals surface area contributed by atoms with Crippen LogP contribution < -0.4 is 5.32 Å². The molecule has 0 fully saturated rings. The molecule has 0 saturated heterocycles. The van der Waals surface area contributed by atoms with Crippen molar-refractivity contribution in [1.82, 2.24) is 5.32 Å². The molecule has 0 aliphatic carbocycles. The first kappa shape index (κ1) is 47.0. The maximum Gasteiger partial charge on any atom is 0.472 e. The summed E-state index contributed by atoms with van der Waals surface area (Å²) in [6, 6.07) is -0.855. The number of aliphatic hydroxyl groups excluding tert-OH is 1. The quantitative estimate of drug-likeness (QED) is 0.0263. The van der Waals surface area contributed by atoms with Crippen molar-refractivity contribution in [2.45, 2.75) is 180 Å². The molecule has 0 rings (SSSR count). The number of unbranched alkanes of at least 4 members (excludes halogenated alkanes) is 20. The van der Waals surface area contributed by atoms with Gasteiger partial charge in [0.25, 0.3) is 0 Å². The molecule has 3 atom stereocenters. The minimum Gasteiger partial charge on any atom is -0.387 e. The van der Waals surface area contributed by atoms with Crippen LogP contribution in [0.4, 0.5) is 0 Å². The summed E-state index contributed by atoms with van der Waals surface area (Å²) in [5, 5.41) is 13.7. The number of amides is 1. The van der Waals surface area contributed by atoms with E-state index in [1.54, 1.807) is 6.08 Å². The number of rotatable bonds is 35. The Morgan fingerprint density at radius 2 is 1.15 bits per heavy atom. The molecular formula is C39H78N2O6P+. The summed E-state index contributed by atoms with van der Waals surface area (Å²) in [5.74, 6) is -0.189. The summed E-state index contributed by atoms with van der Waals surface area (Å²) in [4.78, 5) is 22.9. The first-order chi connectivity index (χ1) is 23.0. The van der Waals surface area contributed by atoms with Crippen LogP contribution in [0.15, 0.2) is 24.3 Å². The van der Waals surface area contributed by atoms with E-state index in [0.717, 1.165) is 38.5 Å². The van der Waals surface area contributed by atoms with Crippen molar-refractivity contribution < 1.29 is 32.9 Å². The van der Waals surface area contributed by atoms with E-state index in [1.165, 1.54) is 109 Å². The maximum atomic E-state index is 12.8. The Morgan fingerprint density at radius 1 is 0.688 bits per heavy atom. The van der Waals surface area contributed by atoms with Crippen molar-refractivity contribution in [2.75, 3.05) is 40.9 Å². The predicted molar refractivity (Wildman–Crippen MR) is 203 cm³/mol. The molecular weight excluding hydrogens is 623 g/mol. The van der Waals surface area contributed by atoms with Crippen LogP contribution in [-0.2, 0) is 18.4 Å². The normalized spacial score (nSPS) is 14.9. The predicted octanol–water partition coefficient (Wildman–Crippen LogP) is 10.2. The number of aliphatic hydroxyl groups is 1. The summed E-state index contributed by atoms with van der Waals surface area (Å²) >= 11 is 0. The second kappa shape index (κ2) is 31.9. The molecule has 8 nitrogen and oxygen atoms in total. The van der Waals surface area contributed by atoms with Gasteiger partial charge in [-0.2, -0.15) is 0 Å². The lowest BCUT2D eigenvalue weighted by atomic mass is 10.0. The van der Waals surface area contributed by atoms with Crippen LogP contribution in [0.5, 0.6) is 0 Å². The van der Waals surface area contributed by atoms with Crippen LogP contribution in [0, 0.1) is 0 Å². The average molecular weight is 702 g/mol. The molecule has 0 bridgehead atoms. The summed E-state index contributed by atoms with van der Waals surface area (Å²) in [6.45, 7) is 4.73. The average Bonchev–Trinajstić information content (AvgIpc) is 3.02. The minimum atomic E-state index is -4.33. The zero-order valence-corrected chi connectivity index (χ0v) is 32.9. The molecule has 9 heteroatoms. The van der Waals surface area contributed by atoms with Crippen LogP contribution in [0.1, 0.15) is 168 Å². The van der Waals surface area contributed by atoms with Crippen molar-refractivity contribution in [1.29, 1.82) is 0 Å². The number of likely N-dealkylation sites (N-methyl/N-ethyl adjacent to an activating group) is 1.